The van der Waals surface area contributed by atoms with Crippen LogP contribution in [0.4, 0.5) is 11.5 Å². The summed E-state index contributed by atoms with van der Waals surface area (Å²) in [6.07, 6.45) is 4.00. The summed E-state index contributed by atoms with van der Waals surface area (Å²) in [5, 5.41) is 4.38. The van der Waals surface area contributed by atoms with Gasteiger partial charge in [-0.25, -0.2) is 4.98 Å². The van der Waals surface area contributed by atoms with Gasteiger partial charge in [-0.05, 0) is 56.0 Å². The van der Waals surface area contributed by atoms with Crippen LogP contribution in [-0.4, -0.2) is 25.1 Å². The molecule has 0 amide bonds. The lowest BCUT2D eigenvalue weighted by molar-refractivity contribution is 0.578. The van der Waals surface area contributed by atoms with Gasteiger partial charge < -0.3 is 10.2 Å². The predicted molar refractivity (Wildman–Crippen MR) is 82.1 cm³/mol. The van der Waals surface area contributed by atoms with Crippen LogP contribution in [0.5, 0.6) is 0 Å². The lowest BCUT2D eigenvalue weighted by atomic mass is 10.1. The number of hydrogen-bond acceptors (Lipinski definition) is 3. The Kier molecular flexibility index (Phi) is 3.28. The van der Waals surface area contributed by atoms with Gasteiger partial charge in [0.1, 0.15) is 5.82 Å². The summed E-state index contributed by atoms with van der Waals surface area (Å²) < 4.78 is 0. The maximum Gasteiger partial charge on any atom is 0.129 e. The summed E-state index contributed by atoms with van der Waals surface area (Å²) in [5.74, 6) is 0.971. The summed E-state index contributed by atoms with van der Waals surface area (Å²) in [7, 11) is 1.92. The van der Waals surface area contributed by atoms with Crippen LogP contribution in [0.25, 0.3) is 10.9 Å². The second kappa shape index (κ2) is 5.08. The molecular formula is C16H21N3. The van der Waals surface area contributed by atoms with Gasteiger partial charge in [-0.3, -0.25) is 0 Å². The second-order valence-corrected chi connectivity index (χ2v) is 5.33. The lowest BCUT2D eigenvalue weighted by Gasteiger charge is -2.29. The van der Waals surface area contributed by atoms with Crippen molar-refractivity contribution in [3.05, 3.63) is 29.8 Å². The van der Waals surface area contributed by atoms with Crippen molar-refractivity contribution in [1.29, 1.82) is 0 Å². The highest BCUT2D eigenvalue weighted by Crippen LogP contribution is 2.26. The maximum atomic E-state index is 4.65. The highest BCUT2D eigenvalue weighted by atomic mass is 15.1. The van der Waals surface area contributed by atoms with Gasteiger partial charge in [0.25, 0.3) is 0 Å². The molecule has 1 aliphatic heterocycles. The summed E-state index contributed by atoms with van der Waals surface area (Å²) in [6, 6.07) is 8.84. The molecule has 3 rings (SSSR count). The minimum absolute atomic E-state index is 0.971. The third kappa shape index (κ3) is 2.37. The SMILES string of the molecule is CNc1nc2ccc(N3CCCCC3)cc2cc1C. The van der Waals surface area contributed by atoms with Gasteiger partial charge >= 0.3 is 0 Å². The number of aryl methyl sites for hydroxylation is 1. The molecule has 0 aliphatic carbocycles. The molecule has 0 bridgehead atoms. The third-order valence-electron chi connectivity index (χ3n) is 3.95. The Balaban J connectivity index is 2.00. The number of anilines is 2. The molecule has 100 valence electrons. The van der Waals surface area contributed by atoms with Crippen molar-refractivity contribution in [1.82, 2.24) is 4.98 Å². The molecular weight excluding hydrogens is 234 g/mol. The topological polar surface area (TPSA) is 28.2 Å². The van der Waals surface area contributed by atoms with E-state index in [1.165, 1.54) is 49.0 Å². The van der Waals surface area contributed by atoms with E-state index in [0.717, 1.165) is 11.3 Å². The van der Waals surface area contributed by atoms with Crippen LogP contribution in [0, 0.1) is 6.92 Å². The Hall–Kier alpha value is -1.77. The van der Waals surface area contributed by atoms with Crippen molar-refractivity contribution >= 4 is 22.4 Å². The fraction of sp³-hybridized carbons (Fsp3) is 0.438. The van der Waals surface area contributed by atoms with E-state index in [4.69, 9.17) is 0 Å². The molecule has 3 heteroatoms. The number of nitrogens with zero attached hydrogens (tertiary/aromatic N) is 2. The standard InChI is InChI=1S/C16H21N3/c1-12-10-13-11-14(19-8-4-3-5-9-19)6-7-15(13)18-16(12)17-2/h6-7,10-11H,3-5,8-9H2,1-2H3,(H,17,18). The highest BCUT2D eigenvalue weighted by molar-refractivity contribution is 5.85. The number of piperidine rings is 1. The molecule has 0 atom stereocenters. The minimum Gasteiger partial charge on any atom is -0.373 e. The molecule has 19 heavy (non-hydrogen) atoms. The van der Waals surface area contributed by atoms with E-state index in [0.29, 0.717) is 0 Å². The smallest absolute Gasteiger partial charge is 0.129 e. The van der Waals surface area contributed by atoms with Gasteiger partial charge in [-0.1, -0.05) is 0 Å². The van der Waals surface area contributed by atoms with Gasteiger partial charge in [0, 0.05) is 31.2 Å². The van der Waals surface area contributed by atoms with Crippen LogP contribution >= 0.6 is 0 Å². The second-order valence-electron chi connectivity index (χ2n) is 5.33. The molecule has 1 aromatic heterocycles. The number of benzene rings is 1. The largest absolute Gasteiger partial charge is 0.373 e. The lowest BCUT2D eigenvalue weighted by Crippen LogP contribution is -2.29. The quantitative estimate of drug-likeness (QED) is 0.889. The number of hydrogen-bond donors (Lipinski definition) is 1. The Labute approximate surface area is 114 Å². The Morgan fingerprint density at radius 3 is 2.63 bits per heavy atom. The van der Waals surface area contributed by atoms with Gasteiger partial charge in [-0.2, -0.15) is 0 Å². The highest BCUT2D eigenvalue weighted by Gasteiger charge is 2.11. The number of rotatable bonds is 2. The van der Waals surface area contributed by atoms with E-state index >= 15 is 0 Å². The molecule has 0 radical (unpaired) electrons. The van der Waals surface area contributed by atoms with Gasteiger partial charge in [-0.15, -0.1) is 0 Å². The van der Waals surface area contributed by atoms with Crippen LogP contribution in [0.15, 0.2) is 24.3 Å². The summed E-state index contributed by atoms with van der Waals surface area (Å²) in [6.45, 7) is 4.48. The van der Waals surface area contributed by atoms with Gasteiger partial charge in [0.15, 0.2) is 0 Å². The van der Waals surface area contributed by atoms with Crippen LogP contribution < -0.4 is 10.2 Å². The maximum absolute atomic E-state index is 4.65. The fourth-order valence-corrected chi connectivity index (χ4v) is 2.87. The molecule has 1 aromatic carbocycles. The first-order valence-electron chi connectivity index (χ1n) is 7.12. The first kappa shape index (κ1) is 12.3. The van der Waals surface area contributed by atoms with E-state index in [1.54, 1.807) is 0 Å². The molecule has 2 aromatic rings. The summed E-state index contributed by atoms with van der Waals surface area (Å²) >= 11 is 0. The van der Waals surface area contributed by atoms with Crippen LogP contribution in [0.3, 0.4) is 0 Å². The Bertz CT molecular complexity index is 586. The van der Waals surface area contributed by atoms with Crippen LogP contribution in [0.2, 0.25) is 0 Å². The number of aromatic nitrogens is 1. The number of fused-ring (bicyclic) bond motifs is 1. The van der Waals surface area contributed by atoms with E-state index in [9.17, 15) is 0 Å². The first-order valence-corrected chi connectivity index (χ1v) is 7.12. The van der Waals surface area contributed by atoms with Crippen molar-refractivity contribution < 1.29 is 0 Å². The summed E-state index contributed by atoms with van der Waals surface area (Å²) in [5.41, 5.74) is 3.60. The first-order chi connectivity index (χ1) is 9.28. The van der Waals surface area contributed by atoms with Gasteiger partial charge in [0.2, 0.25) is 0 Å². The number of pyridine rings is 1. The predicted octanol–water partition coefficient (Wildman–Crippen LogP) is 3.58. The molecule has 0 saturated carbocycles. The van der Waals surface area contributed by atoms with E-state index in [2.05, 4.69) is 46.4 Å². The molecule has 2 heterocycles. The zero-order valence-electron chi connectivity index (χ0n) is 11.7. The molecule has 1 N–H and O–H groups in total. The monoisotopic (exact) mass is 255 g/mol. The normalized spacial score (nSPS) is 15.8. The van der Waals surface area contributed by atoms with Crippen molar-refractivity contribution in [3.63, 3.8) is 0 Å². The number of nitrogens with one attached hydrogen (secondary N) is 1. The molecule has 1 saturated heterocycles. The zero-order chi connectivity index (χ0) is 13.2. The Morgan fingerprint density at radius 1 is 1.11 bits per heavy atom. The van der Waals surface area contributed by atoms with Crippen molar-refractivity contribution in [3.8, 4) is 0 Å². The molecule has 1 aliphatic rings. The van der Waals surface area contributed by atoms with Crippen molar-refractivity contribution in [2.45, 2.75) is 26.2 Å². The zero-order valence-corrected chi connectivity index (χ0v) is 11.7. The van der Waals surface area contributed by atoms with Crippen LogP contribution in [-0.2, 0) is 0 Å². The van der Waals surface area contributed by atoms with Crippen LogP contribution in [0.1, 0.15) is 24.8 Å². The van der Waals surface area contributed by atoms with Gasteiger partial charge in [0.05, 0.1) is 5.52 Å². The van der Waals surface area contributed by atoms with E-state index in [1.807, 2.05) is 7.05 Å². The van der Waals surface area contributed by atoms with Crippen molar-refractivity contribution in [2.24, 2.45) is 0 Å². The average Bonchev–Trinajstić information content (AvgIpc) is 2.47. The fourth-order valence-electron chi connectivity index (χ4n) is 2.87. The average molecular weight is 255 g/mol. The third-order valence-corrected chi connectivity index (χ3v) is 3.95. The minimum atomic E-state index is 0.971. The van der Waals surface area contributed by atoms with E-state index in [-0.39, 0.29) is 0 Å². The van der Waals surface area contributed by atoms with E-state index < -0.39 is 0 Å². The molecule has 0 spiro atoms. The van der Waals surface area contributed by atoms with Crippen molar-refractivity contribution in [2.75, 3.05) is 30.4 Å². The molecule has 1 fully saturated rings. The molecule has 0 unspecified atom stereocenters. The molecule has 3 nitrogen and oxygen atoms in total. The summed E-state index contributed by atoms with van der Waals surface area (Å²) in [4.78, 5) is 7.14. The Morgan fingerprint density at radius 2 is 1.89 bits per heavy atom.